The Balaban J connectivity index is 1.95. The highest BCUT2D eigenvalue weighted by molar-refractivity contribution is 5.89. The Labute approximate surface area is 117 Å². The van der Waals surface area contributed by atoms with E-state index in [1.54, 1.807) is 6.92 Å². The van der Waals surface area contributed by atoms with Crippen LogP contribution in [0.4, 0.5) is 4.79 Å². The van der Waals surface area contributed by atoms with E-state index in [0.29, 0.717) is 19.4 Å². The SMILES string of the molecule is CN(CC(=O)NC1CC1)C(=O)N1CCCC1(C)C(=O)O. The molecule has 7 heteroatoms. The minimum atomic E-state index is -1.17. The first-order valence-electron chi connectivity index (χ1n) is 6.90. The van der Waals surface area contributed by atoms with Gasteiger partial charge in [-0.15, -0.1) is 0 Å². The fourth-order valence-corrected chi connectivity index (χ4v) is 2.48. The molecule has 0 aromatic heterocycles. The number of urea groups is 1. The molecule has 20 heavy (non-hydrogen) atoms. The summed E-state index contributed by atoms with van der Waals surface area (Å²) in [4.78, 5) is 38.0. The lowest BCUT2D eigenvalue weighted by Gasteiger charge is -2.34. The summed E-state index contributed by atoms with van der Waals surface area (Å²) in [7, 11) is 1.52. The van der Waals surface area contributed by atoms with Gasteiger partial charge in [-0.25, -0.2) is 9.59 Å². The third-order valence-electron chi connectivity index (χ3n) is 3.98. The van der Waals surface area contributed by atoms with Crippen LogP contribution in [0.25, 0.3) is 0 Å². The molecule has 0 spiro atoms. The number of nitrogens with one attached hydrogen (secondary N) is 1. The van der Waals surface area contributed by atoms with Crippen molar-refractivity contribution in [3.8, 4) is 0 Å². The number of hydrogen-bond donors (Lipinski definition) is 2. The van der Waals surface area contributed by atoms with Crippen molar-refractivity contribution in [3.05, 3.63) is 0 Å². The topological polar surface area (TPSA) is 90.0 Å². The van der Waals surface area contributed by atoms with Crippen LogP contribution in [-0.2, 0) is 9.59 Å². The van der Waals surface area contributed by atoms with Crippen LogP contribution < -0.4 is 5.32 Å². The molecule has 2 N–H and O–H groups in total. The van der Waals surface area contributed by atoms with Gasteiger partial charge in [0.25, 0.3) is 0 Å². The molecule has 7 nitrogen and oxygen atoms in total. The van der Waals surface area contributed by atoms with Gasteiger partial charge in [0.1, 0.15) is 12.1 Å². The Morgan fingerprint density at radius 2 is 2.05 bits per heavy atom. The van der Waals surface area contributed by atoms with Gasteiger partial charge in [0.15, 0.2) is 0 Å². The largest absolute Gasteiger partial charge is 0.480 e. The number of carboxylic acid groups (broad SMARTS) is 1. The van der Waals surface area contributed by atoms with E-state index in [2.05, 4.69) is 5.32 Å². The molecule has 1 aliphatic carbocycles. The molecule has 0 bridgehead atoms. The predicted molar refractivity (Wildman–Crippen MR) is 71.2 cm³/mol. The van der Waals surface area contributed by atoms with Gasteiger partial charge in [-0.1, -0.05) is 0 Å². The zero-order valence-corrected chi connectivity index (χ0v) is 11.9. The van der Waals surface area contributed by atoms with E-state index in [-0.39, 0.29) is 18.5 Å². The number of likely N-dealkylation sites (tertiary alicyclic amines) is 1. The summed E-state index contributed by atoms with van der Waals surface area (Å²) >= 11 is 0. The number of hydrogen-bond acceptors (Lipinski definition) is 3. The van der Waals surface area contributed by atoms with Gasteiger partial charge in [-0.3, -0.25) is 4.79 Å². The maximum absolute atomic E-state index is 12.3. The van der Waals surface area contributed by atoms with Crippen LogP contribution in [0.1, 0.15) is 32.6 Å². The van der Waals surface area contributed by atoms with Crippen molar-refractivity contribution in [2.75, 3.05) is 20.1 Å². The Kier molecular flexibility index (Phi) is 3.87. The first kappa shape index (κ1) is 14.6. The number of carbonyl (C=O) groups is 3. The van der Waals surface area contributed by atoms with E-state index in [0.717, 1.165) is 12.8 Å². The summed E-state index contributed by atoms with van der Waals surface area (Å²) in [6.45, 7) is 1.93. The first-order valence-corrected chi connectivity index (χ1v) is 6.90. The number of likely N-dealkylation sites (N-methyl/N-ethyl adjacent to an activating group) is 1. The molecule has 1 atom stereocenters. The number of aliphatic carboxylic acids is 1. The van der Waals surface area contributed by atoms with Crippen molar-refractivity contribution in [3.63, 3.8) is 0 Å². The Morgan fingerprint density at radius 3 is 2.60 bits per heavy atom. The van der Waals surface area contributed by atoms with Crippen LogP contribution in [-0.4, -0.2) is 64.5 Å². The van der Waals surface area contributed by atoms with Gasteiger partial charge in [0, 0.05) is 19.6 Å². The molecule has 1 heterocycles. The average Bonchev–Trinajstić information content (AvgIpc) is 3.08. The van der Waals surface area contributed by atoms with E-state index >= 15 is 0 Å². The Bertz CT molecular complexity index is 435. The van der Waals surface area contributed by atoms with Crippen LogP contribution in [0.5, 0.6) is 0 Å². The minimum absolute atomic E-state index is 0.0401. The van der Waals surface area contributed by atoms with Crippen molar-refractivity contribution >= 4 is 17.9 Å². The lowest BCUT2D eigenvalue weighted by Crippen LogP contribution is -2.55. The summed E-state index contributed by atoms with van der Waals surface area (Å²) in [5, 5.41) is 12.1. The van der Waals surface area contributed by atoms with Crippen molar-refractivity contribution < 1.29 is 19.5 Å². The van der Waals surface area contributed by atoms with Crippen molar-refractivity contribution in [1.29, 1.82) is 0 Å². The van der Waals surface area contributed by atoms with E-state index in [4.69, 9.17) is 0 Å². The lowest BCUT2D eigenvalue weighted by atomic mass is 10.00. The lowest BCUT2D eigenvalue weighted by molar-refractivity contribution is -0.147. The maximum atomic E-state index is 12.3. The quantitative estimate of drug-likeness (QED) is 0.774. The summed E-state index contributed by atoms with van der Waals surface area (Å²) in [5.41, 5.74) is -1.17. The summed E-state index contributed by atoms with van der Waals surface area (Å²) in [6.07, 6.45) is 3.09. The first-order chi connectivity index (χ1) is 9.34. The summed E-state index contributed by atoms with van der Waals surface area (Å²) < 4.78 is 0. The molecule has 3 amide bonds. The molecule has 1 saturated carbocycles. The van der Waals surface area contributed by atoms with Crippen LogP contribution in [0.2, 0.25) is 0 Å². The van der Waals surface area contributed by atoms with Crippen LogP contribution in [0.15, 0.2) is 0 Å². The monoisotopic (exact) mass is 283 g/mol. The molecular formula is C13H21N3O4. The van der Waals surface area contributed by atoms with Gasteiger partial charge in [-0.2, -0.15) is 0 Å². The molecule has 0 aromatic carbocycles. The Morgan fingerprint density at radius 1 is 1.40 bits per heavy atom. The minimum Gasteiger partial charge on any atom is -0.480 e. The third kappa shape index (κ3) is 2.86. The predicted octanol–water partition coefficient (Wildman–Crippen LogP) is 0.256. The maximum Gasteiger partial charge on any atom is 0.329 e. The van der Waals surface area contributed by atoms with Gasteiger partial charge >= 0.3 is 12.0 Å². The van der Waals surface area contributed by atoms with E-state index in [9.17, 15) is 19.5 Å². The summed E-state index contributed by atoms with van der Waals surface area (Å²) in [6, 6.07) is -0.152. The zero-order valence-electron chi connectivity index (χ0n) is 11.9. The second kappa shape index (κ2) is 5.30. The van der Waals surface area contributed by atoms with Gasteiger partial charge < -0.3 is 20.2 Å². The summed E-state index contributed by atoms with van der Waals surface area (Å²) in [5.74, 6) is -1.20. The van der Waals surface area contributed by atoms with Gasteiger partial charge in [0.2, 0.25) is 5.91 Å². The molecule has 2 rings (SSSR count). The smallest absolute Gasteiger partial charge is 0.329 e. The van der Waals surface area contributed by atoms with Gasteiger partial charge in [0.05, 0.1) is 0 Å². The number of amides is 3. The van der Waals surface area contributed by atoms with Crippen molar-refractivity contribution in [2.45, 2.75) is 44.2 Å². The zero-order chi connectivity index (χ0) is 14.9. The highest BCUT2D eigenvalue weighted by Gasteiger charge is 2.46. The standard InChI is InChI=1S/C13H21N3O4/c1-13(11(18)19)6-3-7-16(13)12(20)15(2)8-10(17)14-9-4-5-9/h9H,3-8H2,1-2H3,(H,14,17)(H,18,19). The second-order valence-electron chi connectivity index (χ2n) is 5.81. The van der Waals surface area contributed by atoms with Crippen LogP contribution in [0.3, 0.4) is 0 Å². The number of nitrogens with zero attached hydrogens (tertiary/aromatic N) is 2. The van der Waals surface area contributed by atoms with Crippen LogP contribution >= 0.6 is 0 Å². The fourth-order valence-electron chi connectivity index (χ4n) is 2.48. The molecule has 1 saturated heterocycles. The number of rotatable bonds is 4. The third-order valence-corrected chi connectivity index (χ3v) is 3.98. The van der Waals surface area contributed by atoms with Crippen LogP contribution in [0, 0.1) is 0 Å². The molecular weight excluding hydrogens is 262 g/mol. The van der Waals surface area contributed by atoms with E-state index in [1.165, 1.54) is 16.8 Å². The molecule has 112 valence electrons. The van der Waals surface area contributed by atoms with Crippen molar-refractivity contribution in [2.24, 2.45) is 0 Å². The normalized spacial score (nSPS) is 25.4. The number of carboxylic acids is 1. The van der Waals surface area contributed by atoms with Gasteiger partial charge in [-0.05, 0) is 32.6 Å². The van der Waals surface area contributed by atoms with E-state index < -0.39 is 17.5 Å². The van der Waals surface area contributed by atoms with Crippen molar-refractivity contribution in [1.82, 2.24) is 15.1 Å². The molecule has 0 radical (unpaired) electrons. The fraction of sp³-hybridized carbons (Fsp3) is 0.769. The molecule has 2 fully saturated rings. The van der Waals surface area contributed by atoms with E-state index in [1.807, 2.05) is 0 Å². The molecule has 1 unspecified atom stereocenters. The number of carbonyl (C=O) groups excluding carboxylic acids is 2. The highest BCUT2D eigenvalue weighted by Crippen LogP contribution is 2.30. The second-order valence-corrected chi connectivity index (χ2v) is 5.81. The molecule has 1 aliphatic heterocycles. The molecule has 2 aliphatic rings. The molecule has 0 aromatic rings. The Hall–Kier alpha value is -1.79. The average molecular weight is 283 g/mol. The highest BCUT2D eigenvalue weighted by atomic mass is 16.4.